The summed E-state index contributed by atoms with van der Waals surface area (Å²) in [6.07, 6.45) is 0. The second kappa shape index (κ2) is 7.78. The quantitative estimate of drug-likeness (QED) is 0.600. The lowest BCUT2D eigenvalue weighted by Crippen LogP contribution is -2.22. The minimum Gasteiger partial charge on any atom is -0.493 e. The summed E-state index contributed by atoms with van der Waals surface area (Å²) in [6, 6.07) is 9.69. The summed E-state index contributed by atoms with van der Waals surface area (Å²) < 4.78 is 42.2. The summed E-state index contributed by atoms with van der Waals surface area (Å²) in [5.74, 6) is 1.51. The van der Waals surface area contributed by atoms with Gasteiger partial charge in [0, 0.05) is 25.2 Å². The maximum atomic E-state index is 12.4. The Labute approximate surface area is 167 Å². The monoisotopic (exact) mass is 423 g/mol. The second-order valence-corrected chi connectivity index (χ2v) is 8.44. The molecule has 0 unspecified atom stereocenters. The minimum atomic E-state index is -3.72. The lowest BCUT2D eigenvalue weighted by molar-refractivity contribution is 0.355. The highest BCUT2D eigenvalue weighted by molar-refractivity contribution is 7.89. The molecule has 0 saturated carbocycles. The van der Waals surface area contributed by atoms with Crippen molar-refractivity contribution < 1.29 is 22.3 Å². The van der Waals surface area contributed by atoms with Crippen LogP contribution < -0.4 is 9.47 Å². The van der Waals surface area contributed by atoms with E-state index in [-0.39, 0.29) is 21.7 Å². The zero-order valence-electron chi connectivity index (χ0n) is 15.6. The van der Waals surface area contributed by atoms with Gasteiger partial charge in [-0.25, -0.2) is 12.7 Å². The van der Waals surface area contributed by atoms with Crippen molar-refractivity contribution in [3.63, 3.8) is 0 Å². The van der Waals surface area contributed by atoms with Gasteiger partial charge >= 0.3 is 0 Å². The van der Waals surface area contributed by atoms with Gasteiger partial charge in [0.25, 0.3) is 0 Å². The van der Waals surface area contributed by atoms with Crippen LogP contribution in [-0.2, 0) is 10.0 Å². The highest BCUT2D eigenvalue weighted by Crippen LogP contribution is 2.34. The van der Waals surface area contributed by atoms with Crippen LogP contribution in [0.5, 0.6) is 11.5 Å². The Bertz CT molecular complexity index is 1110. The topological polar surface area (TPSA) is 94.8 Å². The summed E-state index contributed by atoms with van der Waals surface area (Å²) in [4.78, 5) is -0.0393. The third kappa shape index (κ3) is 3.68. The largest absolute Gasteiger partial charge is 0.493 e. The zero-order chi connectivity index (χ0) is 20.5. The standard InChI is InChI=1S/C18H18ClN3O5S/c1-22(2)28(23,24)16-10-12(5-7-13(16)19)18-21-20-17(27-18)11-6-8-14(25-3)15(9-11)26-4/h5-10H,1-4H3. The highest BCUT2D eigenvalue weighted by atomic mass is 35.5. The molecule has 0 saturated heterocycles. The van der Waals surface area contributed by atoms with Gasteiger partial charge in [-0.05, 0) is 36.4 Å². The molecule has 3 aromatic rings. The Morgan fingerprint density at radius 3 is 2.07 bits per heavy atom. The van der Waals surface area contributed by atoms with Gasteiger partial charge < -0.3 is 13.9 Å². The number of hydrogen-bond donors (Lipinski definition) is 0. The fourth-order valence-corrected chi connectivity index (χ4v) is 3.85. The van der Waals surface area contributed by atoms with Gasteiger partial charge in [0.05, 0.1) is 19.2 Å². The van der Waals surface area contributed by atoms with E-state index in [0.717, 1.165) is 4.31 Å². The predicted octanol–water partition coefficient (Wildman–Crippen LogP) is 3.32. The van der Waals surface area contributed by atoms with Crippen molar-refractivity contribution in [2.75, 3.05) is 28.3 Å². The van der Waals surface area contributed by atoms with Crippen molar-refractivity contribution in [3.05, 3.63) is 41.4 Å². The molecule has 0 aliphatic carbocycles. The molecule has 0 radical (unpaired) electrons. The second-order valence-electron chi connectivity index (χ2n) is 5.91. The number of rotatable bonds is 6. The lowest BCUT2D eigenvalue weighted by atomic mass is 10.2. The van der Waals surface area contributed by atoms with Gasteiger partial charge in [0.1, 0.15) is 4.90 Å². The summed E-state index contributed by atoms with van der Waals surface area (Å²) in [7, 11) is 2.22. The molecule has 0 aliphatic heterocycles. The molecule has 28 heavy (non-hydrogen) atoms. The molecular weight excluding hydrogens is 406 g/mol. The molecule has 3 rings (SSSR count). The molecule has 10 heteroatoms. The van der Waals surface area contributed by atoms with Crippen molar-refractivity contribution in [3.8, 4) is 34.4 Å². The van der Waals surface area contributed by atoms with Crippen LogP contribution in [0, 0.1) is 0 Å². The highest BCUT2D eigenvalue weighted by Gasteiger charge is 2.23. The Morgan fingerprint density at radius 1 is 0.929 bits per heavy atom. The molecule has 2 aromatic carbocycles. The number of halogens is 1. The van der Waals surface area contributed by atoms with Crippen LogP contribution in [0.3, 0.4) is 0 Å². The zero-order valence-corrected chi connectivity index (χ0v) is 17.2. The molecule has 0 atom stereocenters. The van der Waals surface area contributed by atoms with E-state index in [0.29, 0.717) is 22.6 Å². The Hall–Kier alpha value is -2.62. The van der Waals surface area contributed by atoms with Crippen LogP contribution in [0.25, 0.3) is 22.9 Å². The number of aromatic nitrogens is 2. The lowest BCUT2D eigenvalue weighted by Gasteiger charge is -2.13. The van der Waals surface area contributed by atoms with Crippen LogP contribution in [0.4, 0.5) is 0 Å². The number of nitrogens with zero attached hydrogens (tertiary/aromatic N) is 3. The van der Waals surface area contributed by atoms with Crippen LogP contribution in [0.2, 0.25) is 5.02 Å². The fraction of sp³-hybridized carbons (Fsp3) is 0.222. The summed E-state index contributed by atoms with van der Waals surface area (Å²) in [6.45, 7) is 0. The van der Waals surface area contributed by atoms with E-state index in [1.807, 2.05) is 0 Å². The van der Waals surface area contributed by atoms with Crippen molar-refractivity contribution in [1.29, 1.82) is 0 Å². The first-order valence-corrected chi connectivity index (χ1v) is 9.88. The van der Waals surface area contributed by atoms with Crippen molar-refractivity contribution in [2.24, 2.45) is 0 Å². The van der Waals surface area contributed by atoms with E-state index in [1.54, 1.807) is 31.4 Å². The van der Waals surface area contributed by atoms with E-state index in [4.69, 9.17) is 25.5 Å². The van der Waals surface area contributed by atoms with Gasteiger partial charge in [-0.1, -0.05) is 11.6 Å². The van der Waals surface area contributed by atoms with Gasteiger partial charge in [0.2, 0.25) is 21.8 Å². The van der Waals surface area contributed by atoms with E-state index in [9.17, 15) is 8.42 Å². The average molecular weight is 424 g/mol. The molecule has 0 fully saturated rings. The van der Waals surface area contributed by atoms with E-state index in [2.05, 4.69) is 10.2 Å². The molecule has 0 spiro atoms. The summed E-state index contributed by atoms with van der Waals surface area (Å²) in [5, 5.41) is 8.16. The van der Waals surface area contributed by atoms with Crippen LogP contribution in [-0.4, -0.2) is 51.2 Å². The maximum Gasteiger partial charge on any atom is 0.248 e. The first-order chi connectivity index (χ1) is 13.3. The molecule has 0 bridgehead atoms. The van der Waals surface area contributed by atoms with E-state index >= 15 is 0 Å². The van der Waals surface area contributed by atoms with Crippen LogP contribution in [0.1, 0.15) is 0 Å². The smallest absolute Gasteiger partial charge is 0.248 e. The van der Waals surface area contributed by atoms with Crippen LogP contribution in [0.15, 0.2) is 45.7 Å². The maximum absolute atomic E-state index is 12.4. The average Bonchev–Trinajstić information content (AvgIpc) is 3.17. The molecule has 0 amide bonds. The van der Waals surface area contributed by atoms with E-state index < -0.39 is 10.0 Å². The fourth-order valence-electron chi connectivity index (χ4n) is 2.46. The molecular formula is C18H18ClN3O5S. The first kappa shape index (κ1) is 20.1. The SMILES string of the molecule is COc1ccc(-c2nnc(-c3ccc(Cl)c(S(=O)(=O)N(C)C)c3)o2)cc1OC. The molecule has 148 valence electrons. The van der Waals surface area contributed by atoms with Crippen LogP contribution >= 0.6 is 11.6 Å². The van der Waals surface area contributed by atoms with Gasteiger partial charge in [-0.2, -0.15) is 0 Å². The summed E-state index contributed by atoms with van der Waals surface area (Å²) in [5.41, 5.74) is 1.07. The normalized spacial score (nSPS) is 11.6. The third-order valence-electron chi connectivity index (χ3n) is 3.99. The predicted molar refractivity (Wildman–Crippen MR) is 104 cm³/mol. The van der Waals surface area contributed by atoms with E-state index in [1.165, 1.54) is 33.3 Å². The van der Waals surface area contributed by atoms with Crippen molar-refractivity contribution in [1.82, 2.24) is 14.5 Å². The Kier molecular flexibility index (Phi) is 5.59. The number of benzene rings is 2. The Balaban J connectivity index is 2.01. The first-order valence-electron chi connectivity index (χ1n) is 8.06. The minimum absolute atomic E-state index is 0.0393. The molecule has 1 aromatic heterocycles. The Morgan fingerprint density at radius 2 is 1.50 bits per heavy atom. The van der Waals surface area contributed by atoms with Crippen molar-refractivity contribution >= 4 is 21.6 Å². The molecule has 0 aliphatic rings. The molecule has 1 heterocycles. The number of hydrogen-bond acceptors (Lipinski definition) is 7. The van der Waals surface area contributed by atoms with Gasteiger partial charge in [-0.15, -0.1) is 10.2 Å². The number of ether oxygens (including phenoxy) is 2. The molecule has 8 nitrogen and oxygen atoms in total. The third-order valence-corrected chi connectivity index (χ3v) is 6.29. The van der Waals surface area contributed by atoms with Crippen molar-refractivity contribution in [2.45, 2.75) is 4.90 Å². The summed E-state index contributed by atoms with van der Waals surface area (Å²) >= 11 is 6.08. The molecule has 0 N–H and O–H groups in total. The number of sulfonamides is 1. The number of methoxy groups -OCH3 is 2. The van der Waals surface area contributed by atoms with Gasteiger partial charge in [0.15, 0.2) is 11.5 Å². The van der Waals surface area contributed by atoms with Gasteiger partial charge in [-0.3, -0.25) is 0 Å².